The fourth-order valence-electron chi connectivity index (χ4n) is 2.15. The number of hydrogen-bond acceptors (Lipinski definition) is 3. The van der Waals surface area contributed by atoms with Gasteiger partial charge in [-0.05, 0) is 18.2 Å². The highest BCUT2D eigenvalue weighted by Gasteiger charge is 2.19. The Balaban J connectivity index is 2.23. The van der Waals surface area contributed by atoms with Gasteiger partial charge in [0.15, 0.2) is 0 Å². The van der Waals surface area contributed by atoms with E-state index in [-0.39, 0.29) is 12.0 Å². The van der Waals surface area contributed by atoms with Crippen LogP contribution in [-0.4, -0.2) is 30.6 Å². The van der Waals surface area contributed by atoms with E-state index in [2.05, 4.69) is 16.4 Å². The van der Waals surface area contributed by atoms with Crippen molar-refractivity contribution >= 4 is 16.9 Å². The van der Waals surface area contributed by atoms with Crippen LogP contribution in [-0.2, 0) is 16.0 Å². The number of benzene rings is 1. The Kier molecular flexibility index (Phi) is 3.99. The monoisotopic (exact) mass is 246 g/mol. The summed E-state index contributed by atoms with van der Waals surface area (Å²) >= 11 is 0. The molecule has 0 spiro atoms. The van der Waals surface area contributed by atoms with Crippen LogP contribution in [0.3, 0.4) is 0 Å². The molecule has 0 saturated heterocycles. The number of aromatic nitrogens is 1. The molecule has 2 aromatic rings. The van der Waals surface area contributed by atoms with Crippen molar-refractivity contribution in [2.45, 2.75) is 19.4 Å². The van der Waals surface area contributed by atoms with Crippen LogP contribution in [0.1, 0.15) is 12.5 Å². The summed E-state index contributed by atoms with van der Waals surface area (Å²) in [6.07, 6.45) is 2.59. The molecule has 96 valence electrons. The zero-order valence-electron chi connectivity index (χ0n) is 10.7. The Morgan fingerprint density at radius 2 is 2.22 bits per heavy atom. The van der Waals surface area contributed by atoms with Crippen LogP contribution in [0.2, 0.25) is 0 Å². The van der Waals surface area contributed by atoms with E-state index in [1.807, 2.05) is 31.3 Å². The van der Waals surface area contributed by atoms with Crippen LogP contribution >= 0.6 is 0 Å². The van der Waals surface area contributed by atoms with E-state index >= 15 is 0 Å². The van der Waals surface area contributed by atoms with Gasteiger partial charge in [0.2, 0.25) is 0 Å². The van der Waals surface area contributed by atoms with Crippen molar-refractivity contribution in [2.24, 2.45) is 0 Å². The Hall–Kier alpha value is -1.81. The number of carbonyl (C=O) groups is 1. The lowest BCUT2D eigenvalue weighted by Gasteiger charge is -2.14. The predicted molar refractivity (Wildman–Crippen MR) is 71.5 cm³/mol. The molecular weight excluding hydrogens is 228 g/mol. The van der Waals surface area contributed by atoms with E-state index < -0.39 is 0 Å². The van der Waals surface area contributed by atoms with Crippen molar-refractivity contribution in [3.63, 3.8) is 0 Å². The number of rotatable bonds is 5. The van der Waals surface area contributed by atoms with Crippen molar-refractivity contribution < 1.29 is 9.53 Å². The maximum Gasteiger partial charge on any atom is 0.323 e. The molecule has 1 aromatic heterocycles. The molecular formula is C14H18N2O2. The number of H-pyrrole nitrogens is 1. The summed E-state index contributed by atoms with van der Waals surface area (Å²) in [7, 11) is 1.42. The zero-order valence-corrected chi connectivity index (χ0v) is 10.7. The standard InChI is InChI=1S/C14H18N2O2/c1-3-15-13(14(17)18-2)8-10-9-16-12-7-5-4-6-11(10)12/h4-7,9,13,15-16H,3,8H2,1-2H3/t13-/m1/s1. The van der Waals surface area contributed by atoms with Crippen molar-refractivity contribution in [3.8, 4) is 0 Å². The third kappa shape index (κ3) is 2.54. The molecule has 0 radical (unpaired) electrons. The third-order valence-corrected chi connectivity index (χ3v) is 3.04. The number of carbonyl (C=O) groups excluding carboxylic acids is 1. The lowest BCUT2D eigenvalue weighted by atomic mass is 10.1. The van der Waals surface area contributed by atoms with Gasteiger partial charge in [0.25, 0.3) is 0 Å². The normalized spacial score (nSPS) is 12.6. The molecule has 2 N–H and O–H groups in total. The van der Waals surface area contributed by atoms with Gasteiger partial charge in [-0.3, -0.25) is 4.79 Å². The molecule has 0 fully saturated rings. The molecule has 2 rings (SSSR count). The van der Waals surface area contributed by atoms with Crippen LogP contribution < -0.4 is 5.32 Å². The quantitative estimate of drug-likeness (QED) is 0.792. The fraction of sp³-hybridized carbons (Fsp3) is 0.357. The van der Waals surface area contributed by atoms with Crippen LogP contribution in [0.5, 0.6) is 0 Å². The first kappa shape index (κ1) is 12.6. The average molecular weight is 246 g/mol. The lowest BCUT2D eigenvalue weighted by molar-refractivity contribution is -0.143. The van der Waals surface area contributed by atoms with E-state index in [1.165, 1.54) is 7.11 Å². The largest absolute Gasteiger partial charge is 0.468 e. The Labute approximate surface area is 106 Å². The highest BCUT2D eigenvalue weighted by molar-refractivity contribution is 5.84. The smallest absolute Gasteiger partial charge is 0.323 e. The van der Waals surface area contributed by atoms with E-state index in [0.29, 0.717) is 6.42 Å². The molecule has 4 nitrogen and oxygen atoms in total. The number of likely N-dealkylation sites (N-methyl/N-ethyl adjacent to an activating group) is 1. The highest BCUT2D eigenvalue weighted by atomic mass is 16.5. The van der Waals surface area contributed by atoms with Gasteiger partial charge in [0.1, 0.15) is 6.04 Å². The number of esters is 1. The summed E-state index contributed by atoms with van der Waals surface area (Å²) in [4.78, 5) is 14.9. The van der Waals surface area contributed by atoms with Gasteiger partial charge in [0, 0.05) is 23.5 Å². The van der Waals surface area contributed by atoms with Crippen molar-refractivity contribution in [3.05, 3.63) is 36.0 Å². The molecule has 0 bridgehead atoms. The van der Waals surface area contributed by atoms with Gasteiger partial charge in [-0.1, -0.05) is 25.1 Å². The number of aromatic amines is 1. The molecule has 0 aliphatic carbocycles. The average Bonchev–Trinajstić information content (AvgIpc) is 2.81. The molecule has 18 heavy (non-hydrogen) atoms. The van der Waals surface area contributed by atoms with E-state index in [1.54, 1.807) is 0 Å². The third-order valence-electron chi connectivity index (χ3n) is 3.04. The molecule has 0 aliphatic heterocycles. The van der Waals surface area contributed by atoms with Crippen LogP contribution in [0.4, 0.5) is 0 Å². The second kappa shape index (κ2) is 5.69. The first-order valence-corrected chi connectivity index (χ1v) is 6.12. The van der Waals surface area contributed by atoms with E-state index in [9.17, 15) is 4.79 Å². The fourth-order valence-corrected chi connectivity index (χ4v) is 2.15. The van der Waals surface area contributed by atoms with Gasteiger partial charge >= 0.3 is 5.97 Å². The Morgan fingerprint density at radius 3 is 2.94 bits per heavy atom. The summed E-state index contributed by atoms with van der Waals surface area (Å²) in [5, 5.41) is 4.30. The number of methoxy groups -OCH3 is 1. The van der Waals surface area contributed by atoms with E-state index in [4.69, 9.17) is 4.74 Å². The number of hydrogen-bond donors (Lipinski definition) is 2. The second-order valence-corrected chi connectivity index (χ2v) is 4.20. The first-order valence-electron chi connectivity index (χ1n) is 6.12. The molecule has 1 atom stereocenters. The molecule has 0 aliphatic rings. The van der Waals surface area contributed by atoms with Gasteiger partial charge in [-0.15, -0.1) is 0 Å². The van der Waals surface area contributed by atoms with Crippen molar-refractivity contribution in [1.82, 2.24) is 10.3 Å². The maximum absolute atomic E-state index is 11.7. The van der Waals surface area contributed by atoms with Crippen LogP contribution in [0, 0.1) is 0 Å². The predicted octanol–water partition coefficient (Wildman–Crippen LogP) is 1.86. The molecule has 1 aromatic carbocycles. The summed E-state index contributed by atoms with van der Waals surface area (Å²) in [6.45, 7) is 2.72. The van der Waals surface area contributed by atoms with Crippen molar-refractivity contribution in [2.75, 3.05) is 13.7 Å². The summed E-state index contributed by atoms with van der Waals surface area (Å²) < 4.78 is 4.81. The molecule has 4 heteroatoms. The molecule has 0 saturated carbocycles. The van der Waals surface area contributed by atoms with Gasteiger partial charge in [-0.2, -0.15) is 0 Å². The Bertz CT molecular complexity index is 533. The second-order valence-electron chi connectivity index (χ2n) is 4.20. The van der Waals surface area contributed by atoms with Gasteiger partial charge in [0.05, 0.1) is 7.11 Å². The summed E-state index contributed by atoms with van der Waals surface area (Å²) in [6, 6.07) is 7.78. The molecule has 1 heterocycles. The summed E-state index contributed by atoms with van der Waals surface area (Å²) in [5.74, 6) is -0.220. The molecule has 0 amide bonds. The first-order chi connectivity index (χ1) is 8.76. The number of fused-ring (bicyclic) bond motifs is 1. The van der Waals surface area contributed by atoms with E-state index in [0.717, 1.165) is 23.0 Å². The molecule has 0 unspecified atom stereocenters. The minimum Gasteiger partial charge on any atom is -0.468 e. The SMILES string of the molecule is CCN[C@H](Cc1c[nH]c2ccccc12)C(=O)OC. The summed E-state index contributed by atoms with van der Waals surface area (Å²) in [5.41, 5.74) is 2.22. The minimum absolute atomic E-state index is 0.220. The van der Waals surface area contributed by atoms with Gasteiger partial charge in [-0.25, -0.2) is 0 Å². The number of nitrogens with one attached hydrogen (secondary N) is 2. The van der Waals surface area contributed by atoms with Crippen LogP contribution in [0.25, 0.3) is 10.9 Å². The maximum atomic E-state index is 11.7. The topological polar surface area (TPSA) is 54.1 Å². The zero-order chi connectivity index (χ0) is 13.0. The van der Waals surface area contributed by atoms with Crippen molar-refractivity contribution in [1.29, 1.82) is 0 Å². The lowest BCUT2D eigenvalue weighted by Crippen LogP contribution is -2.39. The van der Waals surface area contributed by atoms with Gasteiger partial charge < -0.3 is 15.0 Å². The van der Waals surface area contributed by atoms with Crippen LogP contribution in [0.15, 0.2) is 30.5 Å². The highest BCUT2D eigenvalue weighted by Crippen LogP contribution is 2.19. The minimum atomic E-state index is -0.292. The number of ether oxygens (including phenoxy) is 1. The number of para-hydroxylation sites is 1. The Morgan fingerprint density at radius 1 is 1.44 bits per heavy atom.